The van der Waals surface area contributed by atoms with E-state index >= 15 is 0 Å². The van der Waals surface area contributed by atoms with E-state index in [1.165, 1.54) is 0 Å². The van der Waals surface area contributed by atoms with Gasteiger partial charge in [0.2, 0.25) is 0 Å². The molecule has 0 aromatic heterocycles. The fourth-order valence-electron chi connectivity index (χ4n) is 3.25. The summed E-state index contributed by atoms with van der Waals surface area (Å²) in [6.07, 6.45) is 2.75. The minimum absolute atomic E-state index is 0.919. The van der Waals surface area contributed by atoms with Crippen molar-refractivity contribution < 1.29 is 4.79 Å². The van der Waals surface area contributed by atoms with Gasteiger partial charge in [0.1, 0.15) is 0 Å². The van der Waals surface area contributed by atoms with Gasteiger partial charge in [-0.2, -0.15) is 0 Å². The minimum Gasteiger partial charge on any atom is -0.300 e. The van der Waals surface area contributed by atoms with Gasteiger partial charge in [-0.25, -0.2) is 0 Å². The van der Waals surface area contributed by atoms with E-state index in [1.807, 2.05) is 66.7 Å². The van der Waals surface area contributed by atoms with Crippen LogP contribution in [0.5, 0.6) is 0 Å². The minimum atomic E-state index is -0.955. The topological polar surface area (TPSA) is 29.4 Å². The molecule has 2 heteroatoms. The Balaban J connectivity index is 1.99. The molecule has 1 unspecified atom stereocenters. The summed E-state index contributed by atoms with van der Waals surface area (Å²) in [5.74, 6) is 0. The second kappa shape index (κ2) is 5.33. The van der Waals surface area contributed by atoms with E-state index in [-0.39, 0.29) is 0 Å². The third-order valence-electron chi connectivity index (χ3n) is 4.37. The Labute approximate surface area is 135 Å². The lowest BCUT2D eigenvalue weighted by Gasteiger charge is -2.25. The molecule has 1 aliphatic heterocycles. The van der Waals surface area contributed by atoms with E-state index in [9.17, 15) is 4.79 Å². The molecule has 3 aromatic rings. The van der Waals surface area contributed by atoms with E-state index in [0.717, 1.165) is 34.1 Å². The molecular weight excluding hydrogens is 282 g/mol. The highest BCUT2D eigenvalue weighted by Gasteiger charge is 2.39. The van der Waals surface area contributed by atoms with Crippen molar-refractivity contribution in [2.75, 3.05) is 0 Å². The molecule has 110 valence electrons. The zero-order valence-corrected chi connectivity index (χ0v) is 12.5. The first kappa shape index (κ1) is 13.6. The summed E-state index contributed by atoms with van der Waals surface area (Å²) in [6, 6.07) is 26.0. The number of nitrogens with zero attached hydrogens (tertiary/aromatic N) is 1. The van der Waals surface area contributed by atoms with E-state index in [2.05, 4.69) is 17.1 Å². The van der Waals surface area contributed by atoms with E-state index in [1.54, 1.807) is 6.21 Å². The van der Waals surface area contributed by atoms with Crippen LogP contribution in [-0.2, 0) is 10.3 Å². The molecule has 0 N–H and O–H groups in total. The lowest BCUT2D eigenvalue weighted by Crippen LogP contribution is -2.26. The highest BCUT2D eigenvalue weighted by Crippen LogP contribution is 2.41. The van der Waals surface area contributed by atoms with Crippen LogP contribution in [0.2, 0.25) is 0 Å². The molecule has 0 saturated carbocycles. The third kappa shape index (κ3) is 2.03. The van der Waals surface area contributed by atoms with Crippen LogP contribution in [0.1, 0.15) is 16.7 Å². The molecule has 0 fully saturated rings. The molecule has 3 aromatic carbocycles. The van der Waals surface area contributed by atoms with Crippen LogP contribution in [0.25, 0.3) is 11.1 Å². The van der Waals surface area contributed by atoms with Gasteiger partial charge in [0.25, 0.3) is 0 Å². The van der Waals surface area contributed by atoms with Crippen LogP contribution in [0, 0.1) is 0 Å². The second-order valence-corrected chi connectivity index (χ2v) is 5.64. The van der Waals surface area contributed by atoms with Crippen LogP contribution in [0.15, 0.2) is 83.9 Å². The second-order valence-electron chi connectivity index (χ2n) is 5.64. The lowest BCUT2D eigenvalue weighted by molar-refractivity contribution is -0.111. The van der Waals surface area contributed by atoms with E-state index in [4.69, 9.17) is 0 Å². The molecule has 2 nitrogen and oxygen atoms in total. The molecule has 4 rings (SSSR count). The Morgan fingerprint density at radius 1 is 0.739 bits per heavy atom. The number of aldehydes is 1. The van der Waals surface area contributed by atoms with Crippen molar-refractivity contribution in [1.82, 2.24) is 0 Å². The van der Waals surface area contributed by atoms with Gasteiger partial charge in [-0.3, -0.25) is 9.79 Å². The molecular formula is C21H15NO. The fourth-order valence-corrected chi connectivity index (χ4v) is 3.25. The molecule has 0 amide bonds. The Morgan fingerprint density at radius 2 is 1.39 bits per heavy atom. The standard InChI is InChI=1S/C21H15NO/c23-15-21(19-12-6-4-10-17(19)14-22-21)20-13-7-5-11-18(20)16-8-2-1-3-9-16/h1-15H. The van der Waals surface area contributed by atoms with Gasteiger partial charge in [-0.1, -0.05) is 78.9 Å². The summed E-state index contributed by atoms with van der Waals surface area (Å²) in [5.41, 5.74) is 4.03. The summed E-state index contributed by atoms with van der Waals surface area (Å²) >= 11 is 0. The van der Waals surface area contributed by atoms with Crippen molar-refractivity contribution in [2.45, 2.75) is 5.54 Å². The quantitative estimate of drug-likeness (QED) is 0.665. The van der Waals surface area contributed by atoms with Crippen molar-refractivity contribution in [2.24, 2.45) is 4.99 Å². The number of hydrogen-bond donors (Lipinski definition) is 0. The molecule has 1 aliphatic rings. The number of carbonyl (C=O) groups is 1. The molecule has 1 heterocycles. The molecule has 0 bridgehead atoms. The number of rotatable bonds is 3. The van der Waals surface area contributed by atoms with Crippen molar-refractivity contribution in [3.63, 3.8) is 0 Å². The smallest absolute Gasteiger partial charge is 0.167 e. The number of hydrogen-bond acceptors (Lipinski definition) is 2. The fraction of sp³-hybridized carbons (Fsp3) is 0.0476. The first-order valence-electron chi connectivity index (χ1n) is 7.61. The van der Waals surface area contributed by atoms with Crippen LogP contribution < -0.4 is 0 Å². The largest absolute Gasteiger partial charge is 0.300 e. The molecule has 0 saturated heterocycles. The molecule has 0 spiro atoms. The van der Waals surface area contributed by atoms with E-state index < -0.39 is 5.54 Å². The summed E-state index contributed by atoms with van der Waals surface area (Å²) in [6.45, 7) is 0. The van der Waals surface area contributed by atoms with Gasteiger partial charge < -0.3 is 0 Å². The Kier molecular flexibility index (Phi) is 3.16. The van der Waals surface area contributed by atoms with Crippen LogP contribution in [-0.4, -0.2) is 12.5 Å². The monoisotopic (exact) mass is 297 g/mol. The maximum atomic E-state index is 12.2. The van der Waals surface area contributed by atoms with Gasteiger partial charge >= 0.3 is 0 Å². The molecule has 23 heavy (non-hydrogen) atoms. The Hall–Kier alpha value is -3.00. The Morgan fingerprint density at radius 3 is 2.17 bits per heavy atom. The molecule has 1 atom stereocenters. The number of benzene rings is 3. The van der Waals surface area contributed by atoms with Crippen molar-refractivity contribution in [3.05, 3.63) is 95.6 Å². The van der Waals surface area contributed by atoms with Gasteiger partial charge in [-0.05, 0) is 27.8 Å². The number of fused-ring (bicyclic) bond motifs is 1. The maximum Gasteiger partial charge on any atom is 0.167 e. The average molecular weight is 297 g/mol. The third-order valence-corrected chi connectivity index (χ3v) is 4.37. The SMILES string of the molecule is O=CC1(c2ccccc2-c2ccccc2)N=Cc2ccccc21. The predicted molar refractivity (Wildman–Crippen MR) is 92.8 cm³/mol. The van der Waals surface area contributed by atoms with Gasteiger partial charge in [0.15, 0.2) is 11.8 Å². The number of carbonyl (C=O) groups excluding carboxylic acids is 1. The zero-order valence-electron chi connectivity index (χ0n) is 12.5. The number of aliphatic imine (C=N–C) groups is 1. The highest BCUT2D eigenvalue weighted by atomic mass is 16.1. The van der Waals surface area contributed by atoms with E-state index in [0.29, 0.717) is 0 Å². The van der Waals surface area contributed by atoms with Gasteiger partial charge in [0.05, 0.1) is 0 Å². The van der Waals surface area contributed by atoms with Gasteiger partial charge in [-0.15, -0.1) is 0 Å². The summed E-state index contributed by atoms with van der Waals surface area (Å²) in [7, 11) is 0. The van der Waals surface area contributed by atoms with Gasteiger partial charge in [0, 0.05) is 6.21 Å². The Bertz CT molecular complexity index is 898. The van der Waals surface area contributed by atoms with Crippen molar-refractivity contribution >= 4 is 12.5 Å². The molecule has 0 aliphatic carbocycles. The van der Waals surface area contributed by atoms with Crippen LogP contribution in [0.3, 0.4) is 0 Å². The normalized spacial score (nSPS) is 18.6. The first-order chi connectivity index (χ1) is 11.3. The van der Waals surface area contributed by atoms with Crippen LogP contribution in [0.4, 0.5) is 0 Å². The average Bonchev–Trinajstić information content (AvgIpc) is 3.02. The maximum absolute atomic E-state index is 12.2. The van der Waals surface area contributed by atoms with Crippen LogP contribution >= 0.6 is 0 Å². The van der Waals surface area contributed by atoms with Crippen molar-refractivity contribution in [1.29, 1.82) is 0 Å². The predicted octanol–water partition coefficient (Wildman–Crippen LogP) is 4.23. The lowest BCUT2D eigenvalue weighted by atomic mass is 9.80. The summed E-state index contributed by atoms with van der Waals surface area (Å²) in [4.78, 5) is 16.8. The first-order valence-corrected chi connectivity index (χ1v) is 7.61. The van der Waals surface area contributed by atoms with Crippen molar-refractivity contribution in [3.8, 4) is 11.1 Å². The zero-order chi connectivity index (χ0) is 15.7. The summed E-state index contributed by atoms with van der Waals surface area (Å²) in [5, 5.41) is 0. The molecule has 0 radical (unpaired) electrons. The highest BCUT2D eigenvalue weighted by molar-refractivity contribution is 5.95. The summed E-state index contributed by atoms with van der Waals surface area (Å²) < 4.78 is 0.